The number of imidazole rings is 1. The Morgan fingerprint density at radius 2 is 1.83 bits per heavy atom. The number of pyridine rings is 1. The van der Waals surface area contributed by atoms with Crippen LogP contribution in [-0.2, 0) is 11.2 Å². The van der Waals surface area contributed by atoms with Crippen molar-refractivity contribution >= 4 is 23.1 Å². The monoisotopic (exact) mass is 307 g/mol. The van der Waals surface area contributed by atoms with Crippen LogP contribution >= 0.6 is 0 Å². The van der Waals surface area contributed by atoms with E-state index in [9.17, 15) is 4.79 Å². The van der Waals surface area contributed by atoms with Crippen LogP contribution in [0.5, 0.6) is 0 Å². The molecule has 118 valence electrons. The molecule has 1 amide bonds. The molecule has 4 nitrogen and oxygen atoms in total. The molecule has 0 saturated heterocycles. The number of carbonyl (C=O) groups is 1. The fraction of sp³-hybridized carbons (Fsp3) is 0.263. The van der Waals surface area contributed by atoms with Gasteiger partial charge in [0.05, 0.1) is 11.4 Å². The maximum atomic E-state index is 12.5. The summed E-state index contributed by atoms with van der Waals surface area (Å²) >= 11 is 0. The fourth-order valence-corrected chi connectivity index (χ4v) is 3.08. The van der Waals surface area contributed by atoms with E-state index in [-0.39, 0.29) is 5.91 Å². The highest BCUT2D eigenvalue weighted by molar-refractivity contribution is 6.00. The van der Waals surface area contributed by atoms with Gasteiger partial charge in [0.2, 0.25) is 5.91 Å². The summed E-state index contributed by atoms with van der Waals surface area (Å²) in [5.41, 5.74) is 4.88. The molecule has 1 aromatic carbocycles. The van der Waals surface area contributed by atoms with E-state index >= 15 is 0 Å². The molecule has 0 fully saturated rings. The topological polar surface area (TPSA) is 37.6 Å². The van der Waals surface area contributed by atoms with Crippen LogP contribution in [0.3, 0.4) is 0 Å². The molecular formula is C19H21N3O. The maximum Gasteiger partial charge on any atom is 0.229 e. The molecule has 0 aliphatic heterocycles. The molecule has 0 N–H and O–H groups in total. The molecule has 0 spiro atoms. The molecule has 0 saturated carbocycles. The van der Waals surface area contributed by atoms with Crippen LogP contribution in [0.4, 0.5) is 11.5 Å². The molecule has 0 bridgehead atoms. The second kappa shape index (κ2) is 5.88. The van der Waals surface area contributed by atoms with Crippen LogP contribution in [-0.4, -0.2) is 15.3 Å². The van der Waals surface area contributed by atoms with Gasteiger partial charge < -0.3 is 0 Å². The zero-order chi connectivity index (χ0) is 16.6. The smallest absolute Gasteiger partial charge is 0.229 e. The number of aryl methyl sites for hydroxylation is 3. The van der Waals surface area contributed by atoms with E-state index in [1.54, 1.807) is 11.8 Å². The Morgan fingerprint density at radius 3 is 2.43 bits per heavy atom. The van der Waals surface area contributed by atoms with Crippen molar-refractivity contribution in [1.82, 2.24) is 9.38 Å². The maximum absolute atomic E-state index is 12.5. The number of benzene rings is 1. The summed E-state index contributed by atoms with van der Waals surface area (Å²) in [5, 5.41) is 0. The van der Waals surface area contributed by atoms with Gasteiger partial charge >= 0.3 is 0 Å². The Labute approximate surface area is 136 Å². The molecule has 4 heteroatoms. The molecule has 2 aromatic heterocycles. The van der Waals surface area contributed by atoms with Gasteiger partial charge in [0.1, 0.15) is 11.5 Å². The lowest BCUT2D eigenvalue weighted by atomic mass is 10.1. The van der Waals surface area contributed by atoms with Gasteiger partial charge in [-0.2, -0.15) is 0 Å². The standard InChI is InChI=1S/C19H21N3O/c1-5-16-19(21-12-7-6-11-17(21)20-16)22(15(4)23)18-13(2)9-8-10-14(18)3/h6-12H,5H2,1-4H3. The lowest BCUT2D eigenvalue weighted by Gasteiger charge is -2.25. The van der Waals surface area contributed by atoms with Crippen molar-refractivity contribution in [3.8, 4) is 0 Å². The van der Waals surface area contributed by atoms with E-state index < -0.39 is 0 Å². The molecular weight excluding hydrogens is 286 g/mol. The first-order valence-electron chi connectivity index (χ1n) is 7.87. The Hall–Kier alpha value is -2.62. The van der Waals surface area contributed by atoms with E-state index in [4.69, 9.17) is 0 Å². The fourth-order valence-electron chi connectivity index (χ4n) is 3.08. The van der Waals surface area contributed by atoms with Gasteiger partial charge in [0.15, 0.2) is 0 Å². The highest BCUT2D eigenvalue weighted by atomic mass is 16.2. The average molecular weight is 307 g/mol. The second-order valence-electron chi connectivity index (χ2n) is 5.76. The summed E-state index contributed by atoms with van der Waals surface area (Å²) in [4.78, 5) is 19.0. The largest absolute Gasteiger partial charge is 0.285 e. The summed E-state index contributed by atoms with van der Waals surface area (Å²) in [5.74, 6) is 0.829. The van der Waals surface area contributed by atoms with Crippen LogP contribution in [0.25, 0.3) is 5.65 Å². The molecule has 2 heterocycles. The molecule has 0 radical (unpaired) electrons. The van der Waals surface area contributed by atoms with E-state index in [1.165, 1.54) is 0 Å². The van der Waals surface area contributed by atoms with Crippen LogP contribution in [0.15, 0.2) is 42.6 Å². The van der Waals surface area contributed by atoms with Crippen molar-refractivity contribution in [3.05, 3.63) is 59.4 Å². The van der Waals surface area contributed by atoms with Crippen molar-refractivity contribution in [2.45, 2.75) is 34.1 Å². The predicted molar refractivity (Wildman–Crippen MR) is 93.3 cm³/mol. The van der Waals surface area contributed by atoms with Crippen molar-refractivity contribution in [3.63, 3.8) is 0 Å². The van der Waals surface area contributed by atoms with Crippen LogP contribution in [0.2, 0.25) is 0 Å². The molecule has 0 unspecified atom stereocenters. The van der Waals surface area contributed by atoms with E-state index in [0.29, 0.717) is 0 Å². The third-order valence-electron chi connectivity index (χ3n) is 4.10. The third-order valence-corrected chi connectivity index (χ3v) is 4.10. The van der Waals surface area contributed by atoms with Crippen LogP contribution in [0.1, 0.15) is 30.7 Å². The highest BCUT2D eigenvalue weighted by Crippen LogP contribution is 2.34. The minimum atomic E-state index is -0.0113. The van der Waals surface area contributed by atoms with E-state index in [0.717, 1.165) is 40.4 Å². The van der Waals surface area contributed by atoms with Gasteiger partial charge in [-0.15, -0.1) is 0 Å². The predicted octanol–water partition coefficient (Wildman–Crippen LogP) is 4.20. The quantitative estimate of drug-likeness (QED) is 0.727. The Morgan fingerprint density at radius 1 is 1.13 bits per heavy atom. The molecule has 0 aliphatic rings. The summed E-state index contributed by atoms with van der Waals surface area (Å²) < 4.78 is 1.99. The minimum absolute atomic E-state index is 0.0113. The van der Waals surface area contributed by atoms with Crippen molar-refractivity contribution in [2.75, 3.05) is 4.90 Å². The number of carbonyl (C=O) groups excluding carboxylic acids is 1. The lowest BCUT2D eigenvalue weighted by molar-refractivity contribution is -0.115. The third kappa shape index (κ3) is 2.50. The number of hydrogen-bond acceptors (Lipinski definition) is 2. The number of rotatable bonds is 3. The molecule has 3 aromatic rings. The Balaban J connectivity index is 2.34. The zero-order valence-electron chi connectivity index (χ0n) is 14.0. The number of nitrogens with zero attached hydrogens (tertiary/aromatic N) is 3. The van der Waals surface area contributed by atoms with Crippen molar-refractivity contribution in [1.29, 1.82) is 0 Å². The normalized spacial score (nSPS) is 11.0. The number of anilines is 2. The van der Waals surface area contributed by atoms with Crippen LogP contribution in [0, 0.1) is 13.8 Å². The van der Waals surface area contributed by atoms with Gasteiger partial charge in [0, 0.05) is 13.1 Å². The SMILES string of the molecule is CCc1nc2ccccn2c1N(C(C)=O)c1c(C)cccc1C. The second-order valence-corrected chi connectivity index (χ2v) is 5.76. The van der Waals surface area contributed by atoms with Gasteiger partial charge in [-0.1, -0.05) is 31.2 Å². The number of aromatic nitrogens is 2. The number of fused-ring (bicyclic) bond motifs is 1. The molecule has 23 heavy (non-hydrogen) atoms. The first-order valence-corrected chi connectivity index (χ1v) is 7.87. The summed E-state index contributed by atoms with van der Waals surface area (Å²) in [6, 6.07) is 12.0. The number of amides is 1. The van der Waals surface area contributed by atoms with E-state index in [2.05, 4.69) is 11.9 Å². The van der Waals surface area contributed by atoms with E-state index in [1.807, 2.05) is 60.8 Å². The van der Waals surface area contributed by atoms with Crippen LogP contribution < -0.4 is 4.90 Å². The first-order chi connectivity index (χ1) is 11.0. The molecule has 0 atom stereocenters. The van der Waals surface area contributed by atoms with Gasteiger partial charge in [-0.3, -0.25) is 14.1 Å². The van der Waals surface area contributed by atoms with Gasteiger partial charge in [-0.05, 0) is 43.5 Å². The number of hydrogen-bond donors (Lipinski definition) is 0. The Bertz CT molecular complexity index is 859. The first kappa shape index (κ1) is 15.3. The number of para-hydroxylation sites is 1. The molecule has 3 rings (SSSR count). The lowest BCUT2D eigenvalue weighted by Crippen LogP contribution is -2.26. The Kier molecular flexibility index (Phi) is 3.90. The summed E-state index contributed by atoms with van der Waals surface area (Å²) in [6.07, 6.45) is 2.73. The van der Waals surface area contributed by atoms with Gasteiger partial charge in [-0.25, -0.2) is 4.98 Å². The summed E-state index contributed by atoms with van der Waals surface area (Å²) in [6.45, 7) is 7.74. The highest BCUT2D eigenvalue weighted by Gasteiger charge is 2.24. The average Bonchev–Trinajstić information content (AvgIpc) is 2.89. The minimum Gasteiger partial charge on any atom is -0.285 e. The van der Waals surface area contributed by atoms with Crippen molar-refractivity contribution in [2.24, 2.45) is 0 Å². The zero-order valence-corrected chi connectivity index (χ0v) is 14.0. The van der Waals surface area contributed by atoms with Gasteiger partial charge in [0.25, 0.3) is 0 Å². The summed E-state index contributed by atoms with van der Waals surface area (Å²) in [7, 11) is 0. The van der Waals surface area contributed by atoms with Crippen molar-refractivity contribution < 1.29 is 4.79 Å². The molecule has 0 aliphatic carbocycles.